The van der Waals surface area contributed by atoms with Crippen LogP contribution in [0.15, 0.2) is 47.3 Å². The highest BCUT2D eigenvalue weighted by Crippen LogP contribution is 2.69. The van der Waals surface area contributed by atoms with E-state index in [0.29, 0.717) is 30.9 Å². The Hall–Kier alpha value is -2.34. The summed E-state index contributed by atoms with van der Waals surface area (Å²) in [5.41, 5.74) is 2.30. The minimum absolute atomic E-state index is 0.0901. The van der Waals surface area contributed by atoms with Crippen molar-refractivity contribution in [1.29, 1.82) is 0 Å². The molecule has 2 aromatic rings. The monoisotopic (exact) mass is 411 g/mol. The van der Waals surface area contributed by atoms with E-state index >= 15 is 0 Å². The number of nitrogens with zero attached hydrogens (tertiary/aromatic N) is 1. The molecule has 0 saturated heterocycles. The zero-order chi connectivity index (χ0) is 20.8. The number of carbonyl (C=O) groups excluding carboxylic acids is 1. The Morgan fingerprint density at radius 3 is 2.52 bits per heavy atom. The maximum Gasteiger partial charge on any atom is 0.329 e. The second-order valence-electron chi connectivity index (χ2n) is 9.31. The molecule has 29 heavy (non-hydrogen) atoms. The van der Waals surface area contributed by atoms with Crippen LogP contribution in [0.1, 0.15) is 37.1 Å². The predicted molar refractivity (Wildman–Crippen MR) is 115 cm³/mol. The average Bonchev–Trinajstić information content (AvgIpc) is 3.32. The third-order valence-electron chi connectivity index (χ3n) is 6.35. The third kappa shape index (κ3) is 3.54. The Labute approximate surface area is 172 Å². The van der Waals surface area contributed by atoms with Crippen LogP contribution in [0.4, 0.5) is 0 Å². The Bertz CT molecular complexity index is 979. The van der Waals surface area contributed by atoms with Crippen molar-refractivity contribution in [1.82, 2.24) is 4.57 Å². The topological polar surface area (TPSA) is 57.5 Å². The number of rotatable bonds is 6. The van der Waals surface area contributed by atoms with Gasteiger partial charge in [-0.25, -0.2) is 4.79 Å². The van der Waals surface area contributed by atoms with Crippen molar-refractivity contribution < 1.29 is 14.3 Å². The molecule has 154 valence electrons. The molecular weight excluding hydrogens is 382 g/mol. The van der Waals surface area contributed by atoms with E-state index in [-0.39, 0.29) is 16.9 Å². The number of aromatic nitrogens is 1. The van der Waals surface area contributed by atoms with Gasteiger partial charge in [0.05, 0.1) is 6.61 Å². The molecule has 5 nitrogen and oxygen atoms in total. The molecule has 0 amide bonds. The van der Waals surface area contributed by atoms with E-state index in [1.54, 1.807) is 11.5 Å². The molecule has 2 aliphatic rings. The quantitative estimate of drug-likeness (QED) is 0.526. The van der Waals surface area contributed by atoms with Crippen molar-refractivity contribution in [3.05, 3.63) is 64.1 Å². The van der Waals surface area contributed by atoms with Crippen molar-refractivity contribution in [3.63, 3.8) is 0 Å². The lowest BCUT2D eigenvalue weighted by Gasteiger charge is -2.20. The molecule has 1 spiro atoms. The summed E-state index contributed by atoms with van der Waals surface area (Å²) in [4.78, 5) is 25.6. The first-order valence-corrected chi connectivity index (χ1v) is 13.9. The Balaban J connectivity index is 1.70. The van der Waals surface area contributed by atoms with E-state index in [4.69, 9.17) is 9.47 Å². The van der Waals surface area contributed by atoms with Gasteiger partial charge in [0.15, 0.2) is 0 Å². The standard InChI is InChI=1S/C23H29NO4Si/c1-5-27-22(26)18-13-23(14-20(23)29(2,3)4)19-11-17(12-21(25)24(18)19)28-15-16-9-7-6-8-10-16/h6-12,18,20H,5,13-15H2,1-4H3. The maximum absolute atomic E-state index is 13.0. The minimum Gasteiger partial charge on any atom is -0.489 e. The zero-order valence-electron chi connectivity index (χ0n) is 17.6. The molecule has 0 N–H and O–H groups in total. The number of pyridine rings is 1. The van der Waals surface area contributed by atoms with E-state index in [1.165, 1.54) is 6.07 Å². The lowest BCUT2D eigenvalue weighted by Crippen LogP contribution is -2.28. The highest BCUT2D eigenvalue weighted by molar-refractivity contribution is 6.78. The highest BCUT2D eigenvalue weighted by atomic mass is 28.3. The van der Waals surface area contributed by atoms with Crippen LogP contribution in [0.2, 0.25) is 25.2 Å². The highest BCUT2D eigenvalue weighted by Gasteiger charge is 2.66. The van der Waals surface area contributed by atoms with Crippen LogP contribution >= 0.6 is 0 Å². The fourth-order valence-electron chi connectivity index (χ4n) is 5.00. The fraction of sp³-hybridized carbons (Fsp3) is 0.478. The Morgan fingerprint density at radius 2 is 1.90 bits per heavy atom. The van der Waals surface area contributed by atoms with E-state index in [9.17, 15) is 9.59 Å². The van der Waals surface area contributed by atoms with E-state index in [2.05, 4.69) is 19.6 Å². The number of esters is 1. The number of ether oxygens (including phenoxy) is 2. The lowest BCUT2D eigenvalue weighted by molar-refractivity contribution is -0.147. The molecule has 1 fully saturated rings. The zero-order valence-corrected chi connectivity index (χ0v) is 18.6. The molecule has 1 aromatic heterocycles. The smallest absolute Gasteiger partial charge is 0.329 e. The van der Waals surface area contributed by atoms with Crippen LogP contribution < -0.4 is 10.3 Å². The summed E-state index contributed by atoms with van der Waals surface area (Å²) in [5.74, 6) is 0.280. The average molecular weight is 412 g/mol. The molecule has 1 aromatic carbocycles. The Morgan fingerprint density at radius 1 is 1.17 bits per heavy atom. The number of hydrogen-bond acceptors (Lipinski definition) is 4. The van der Waals surface area contributed by atoms with Gasteiger partial charge in [-0.15, -0.1) is 0 Å². The first-order valence-electron chi connectivity index (χ1n) is 10.4. The Kier molecular flexibility index (Phi) is 4.93. The van der Waals surface area contributed by atoms with Gasteiger partial charge in [0.2, 0.25) is 0 Å². The van der Waals surface area contributed by atoms with Gasteiger partial charge < -0.3 is 9.47 Å². The number of carbonyl (C=O) groups is 1. The molecule has 6 heteroatoms. The summed E-state index contributed by atoms with van der Waals surface area (Å²) in [7, 11) is -1.43. The molecule has 1 aliphatic heterocycles. The summed E-state index contributed by atoms with van der Waals surface area (Å²) >= 11 is 0. The van der Waals surface area contributed by atoms with Crippen molar-refractivity contribution in [3.8, 4) is 5.75 Å². The molecule has 1 saturated carbocycles. The molecule has 3 unspecified atom stereocenters. The molecular formula is C23H29NO4Si. The van der Waals surface area contributed by atoms with Crippen molar-refractivity contribution in [2.24, 2.45) is 0 Å². The van der Waals surface area contributed by atoms with Crippen molar-refractivity contribution in [2.45, 2.75) is 63.0 Å². The van der Waals surface area contributed by atoms with Crippen LogP contribution in [0.25, 0.3) is 0 Å². The van der Waals surface area contributed by atoms with Gasteiger partial charge in [0, 0.05) is 31.3 Å². The maximum atomic E-state index is 13.0. The number of hydrogen-bond donors (Lipinski definition) is 0. The number of benzene rings is 1. The van der Waals surface area contributed by atoms with Crippen LogP contribution in [-0.4, -0.2) is 25.2 Å². The van der Waals surface area contributed by atoms with Crippen molar-refractivity contribution >= 4 is 14.0 Å². The predicted octanol–water partition coefficient (Wildman–Crippen LogP) is 4.29. The van der Waals surface area contributed by atoms with Gasteiger partial charge in [-0.1, -0.05) is 50.0 Å². The van der Waals surface area contributed by atoms with Crippen LogP contribution in [-0.2, 0) is 21.6 Å². The largest absolute Gasteiger partial charge is 0.489 e. The lowest BCUT2D eigenvalue weighted by atomic mass is 9.98. The summed E-state index contributed by atoms with van der Waals surface area (Å²) in [6.45, 7) is 9.62. The first-order chi connectivity index (χ1) is 13.8. The minimum atomic E-state index is -1.43. The second kappa shape index (κ2) is 7.17. The van der Waals surface area contributed by atoms with Crippen LogP contribution in [0, 0.1) is 0 Å². The summed E-state index contributed by atoms with van der Waals surface area (Å²) in [5, 5.41) is 0. The molecule has 0 radical (unpaired) electrons. The summed E-state index contributed by atoms with van der Waals surface area (Å²) < 4.78 is 12.9. The molecule has 3 atom stereocenters. The molecule has 0 bridgehead atoms. The van der Waals surface area contributed by atoms with Crippen LogP contribution in [0.3, 0.4) is 0 Å². The summed E-state index contributed by atoms with van der Waals surface area (Å²) in [6.07, 6.45) is 1.71. The molecule has 2 heterocycles. The van der Waals surface area contributed by atoms with Gasteiger partial charge >= 0.3 is 5.97 Å². The number of fused-ring (bicyclic) bond motifs is 2. The van der Waals surface area contributed by atoms with Crippen molar-refractivity contribution in [2.75, 3.05) is 6.61 Å². The molecule has 4 rings (SSSR count). The SMILES string of the molecule is CCOC(=O)C1CC2(CC2[Si](C)(C)C)c2cc(OCc3ccccc3)cc(=O)n21. The third-order valence-corrected chi connectivity index (χ3v) is 9.20. The van der Waals surface area contributed by atoms with Gasteiger partial charge in [-0.05, 0) is 30.9 Å². The fourth-order valence-corrected chi connectivity index (χ4v) is 7.90. The van der Waals surface area contributed by atoms with E-state index in [1.807, 2.05) is 36.4 Å². The van der Waals surface area contributed by atoms with Gasteiger partial charge in [-0.3, -0.25) is 9.36 Å². The first kappa shape index (κ1) is 20.0. The normalized spacial score (nSPS) is 25.0. The summed E-state index contributed by atoms with van der Waals surface area (Å²) in [6, 6.07) is 12.9. The van der Waals surface area contributed by atoms with Gasteiger partial charge in [-0.2, -0.15) is 0 Å². The molecule has 1 aliphatic carbocycles. The van der Waals surface area contributed by atoms with Crippen LogP contribution in [0.5, 0.6) is 5.75 Å². The second-order valence-corrected chi connectivity index (χ2v) is 14.7. The van der Waals surface area contributed by atoms with Gasteiger partial charge in [0.25, 0.3) is 5.56 Å². The van der Waals surface area contributed by atoms with Gasteiger partial charge in [0.1, 0.15) is 18.4 Å². The van der Waals surface area contributed by atoms with E-state index in [0.717, 1.165) is 17.7 Å². The van der Waals surface area contributed by atoms with E-state index < -0.39 is 14.1 Å².